The van der Waals surface area contributed by atoms with Crippen molar-refractivity contribution in [1.82, 2.24) is 0 Å². The van der Waals surface area contributed by atoms with E-state index in [1.165, 1.54) is 0 Å². The minimum Gasteiger partial charge on any atom is -0.374 e. The van der Waals surface area contributed by atoms with Crippen LogP contribution in [0.3, 0.4) is 0 Å². The van der Waals surface area contributed by atoms with Gasteiger partial charge in [0.15, 0.2) is 12.1 Å². The van der Waals surface area contributed by atoms with E-state index in [2.05, 4.69) is 27.7 Å². The molecule has 28 heavy (non-hydrogen) atoms. The molecule has 0 saturated carbocycles. The summed E-state index contributed by atoms with van der Waals surface area (Å²) in [6.07, 6.45) is 5.63. The average molecular weight is 403 g/mol. The van der Waals surface area contributed by atoms with Crippen molar-refractivity contribution in [3.8, 4) is 0 Å². The van der Waals surface area contributed by atoms with Crippen LogP contribution in [0.5, 0.6) is 0 Å². The SMILES string of the molecule is CCCCOCC(=O)[C@@H](OCCCC)[C@H](OCCCC)[C@H](C=O)OCCCC. The van der Waals surface area contributed by atoms with Crippen LogP contribution in [0, 0.1) is 0 Å². The van der Waals surface area contributed by atoms with Crippen LogP contribution in [0.4, 0.5) is 0 Å². The van der Waals surface area contributed by atoms with Crippen LogP contribution >= 0.6 is 0 Å². The van der Waals surface area contributed by atoms with Gasteiger partial charge in [-0.05, 0) is 25.7 Å². The molecule has 0 bridgehead atoms. The number of Topliss-reactive ketones (excluding diaryl/α,β-unsaturated/α-hetero) is 1. The highest BCUT2D eigenvalue weighted by atomic mass is 16.6. The summed E-state index contributed by atoms with van der Waals surface area (Å²) in [6.45, 7) is 10.1. The first kappa shape index (κ1) is 27.2. The number of unbranched alkanes of at least 4 members (excludes halogenated alkanes) is 4. The van der Waals surface area contributed by atoms with E-state index in [4.69, 9.17) is 18.9 Å². The molecule has 166 valence electrons. The second-order valence-corrected chi connectivity index (χ2v) is 7.03. The van der Waals surface area contributed by atoms with Gasteiger partial charge >= 0.3 is 0 Å². The van der Waals surface area contributed by atoms with Crippen LogP contribution in [0.1, 0.15) is 79.1 Å². The van der Waals surface area contributed by atoms with Crippen LogP contribution < -0.4 is 0 Å². The summed E-state index contributed by atoms with van der Waals surface area (Å²) in [5.74, 6) is -0.195. The Morgan fingerprint density at radius 2 is 1.25 bits per heavy atom. The summed E-state index contributed by atoms with van der Waals surface area (Å²) in [6, 6.07) is 0. The summed E-state index contributed by atoms with van der Waals surface area (Å²) in [5, 5.41) is 0. The van der Waals surface area contributed by atoms with Gasteiger partial charge in [0.05, 0.1) is 0 Å². The smallest absolute Gasteiger partial charge is 0.189 e. The van der Waals surface area contributed by atoms with Crippen molar-refractivity contribution < 1.29 is 28.5 Å². The highest BCUT2D eigenvalue weighted by Crippen LogP contribution is 2.15. The molecular formula is C22H42O6. The Morgan fingerprint density at radius 3 is 1.79 bits per heavy atom. The van der Waals surface area contributed by atoms with E-state index in [1.807, 2.05) is 0 Å². The number of ketones is 1. The molecule has 0 rings (SSSR count). The minimum atomic E-state index is -0.859. The van der Waals surface area contributed by atoms with E-state index in [9.17, 15) is 9.59 Å². The molecule has 0 amide bonds. The van der Waals surface area contributed by atoms with Gasteiger partial charge in [-0.3, -0.25) is 4.79 Å². The van der Waals surface area contributed by atoms with Gasteiger partial charge in [-0.15, -0.1) is 0 Å². The van der Waals surface area contributed by atoms with E-state index in [-0.39, 0.29) is 12.4 Å². The van der Waals surface area contributed by atoms with Crippen LogP contribution in [0.25, 0.3) is 0 Å². The number of aldehydes is 1. The summed E-state index contributed by atoms with van der Waals surface area (Å²) in [5.41, 5.74) is 0. The molecule has 6 heteroatoms. The minimum absolute atomic E-state index is 0.0367. The average Bonchev–Trinajstić information content (AvgIpc) is 2.70. The van der Waals surface area contributed by atoms with E-state index < -0.39 is 18.3 Å². The van der Waals surface area contributed by atoms with Crippen LogP contribution in [-0.2, 0) is 28.5 Å². The third-order valence-electron chi connectivity index (χ3n) is 4.37. The lowest BCUT2D eigenvalue weighted by atomic mass is 10.0. The molecular weight excluding hydrogens is 360 g/mol. The summed E-state index contributed by atoms with van der Waals surface area (Å²) >= 11 is 0. The fraction of sp³-hybridized carbons (Fsp3) is 0.909. The van der Waals surface area contributed by atoms with Gasteiger partial charge in [0.1, 0.15) is 24.9 Å². The Morgan fingerprint density at radius 1 is 0.750 bits per heavy atom. The second-order valence-electron chi connectivity index (χ2n) is 7.03. The highest BCUT2D eigenvalue weighted by Gasteiger charge is 2.36. The molecule has 6 nitrogen and oxygen atoms in total. The van der Waals surface area contributed by atoms with Gasteiger partial charge in [-0.1, -0.05) is 53.4 Å². The predicted octanol–water partition coefficient (Wildman–Crippen LogP) is 4.13. The summed E-state index contributed by atoms with van der Waals surface area (Å²) in [4.78, 5) is 24.6. The van der Waals surface area contributed by atoms with Crippen molar-refractivity contribution in [1.29, 1.82) is 0 Å². The van der Waals surface area contributed by atoms with Crippen molar-refractivity contribution in [2.45, 2.75) is 97.4 Å². The lowest BCUT2D eigenvalue weighted by Crippen LogP contribution is -2.49. The fourth-order valence-electron chi connectivity index (χ4n) is 2.52. The molecule has 0 saturated heterocycles. The molecule has 0 spiro atoms. The zero-order chi connectivity index (χ0) is 21.0. The molecule has 0 aliphatic rings. The third kappa shape index (κ3) is 12.6. The number of ether oxygens (including phenoxy) is 4. The molecule has 0 radical (unpaired) electrons. The van der Waals surface area contributed by atoms with Gasteiger partial charge in [-0.2, -0.15) is 0 Å². The molecule has 0 fully saturated rings. The van der Waals surface area contributed by atoms with E-state index in [0.29, 0.717) is 26.4 Å². The lowest BCUT2D eigenvalue weighted by molar-refractivity contribution is -0.165. The number of hydrogen-bond acceptors (Lipinski definition) is 6. The van der Waals surface area contributed by atoms with Gasteiger partial charge in [-0.25, -0.2) is 0 Å². The maximum absolute atomic E-state index is 12.8. The standard InChI is InChI=1S/C22H42O6/c1-5-9-13-25-18-19(24)21(27-15-11-7-3)22(28-16-12-8-4)20(17-23)26-14-10-6-2/h17,20-22H,5-16,18H2,1-4H3/t20-,21+,22+/m0/s1. The Hall–Kier alpha value is -0.820. The summed E-state index contributed by atoms with van der Waals surface area (Å²) < 4.78 is 23.1. The van der Waals surface area contributed by atoms with Crippen molar-refractivity contribution in [2.24, 2.45) is 0 Å². The molecule has 0 N–H and O–H groups in total. The van der Waals surface area contributed by atoms with Gasteiger partial charge < -0.3 is 23.7 Å². The Bertz CT molecular complexity index is 374. The van der Waals surface area contributed by atoms with Gasteiger partial charge in [0.2, 0.25) is 0 Å². The maximum Gasteiger partial charge on any atom is 0.189 e. The van der Waals surface area contributed by atoms with Crippen molar-refractivity contribution in [2.75, 3.05) is 33.0 Å². The second kappa shape index (κ2) is 19.5. The highest BCUT2D eigenvalue weighted by molar-refractivity contribution is 5.85. The normalized spacial score (nSPS) is 14.6. The first-order chi connectivity index (χ1) is 13.7. The quantitative estimate of drug-likeness (QED) is 0.212. The van der Waals surface area contributed by atoms with Gasteiger partial charge in [0.25, 0.3) is 0 Å². The third-order valence-corrected chi connectivity index (χ3v) is 4.37. The van der Waals surface area contributed by atoms with Crippen LogP contribution in [0.15, 0.2) is 0 Å². The first-order valence-electron chi connectivity index (χ1n) is 11.1. The zero-order valence-electron chi connectivity index (χ0n) is 18.5. The molecule has 0 aromatic heterocycles. The predicted molar refractivity (Wildman–Crippen MR) is 111 cm³/mol. The van der Waals surface area contributed by atoms with Crippen molar-refractivity contribution in [3.63, 3.8) is 0 Å². The molecule has 0 aliphatic carbocycles. The largest absolute Gasteiger partial charge is 0.374 e. The topological polar surface area (TPSA) is 71.1 Å². The number of carbonyl (C=O) groups is 2. The first-order valence-corrected chi connectivity index (χ1v) is 11.1. The fourth-order valence-corrected chi connectivity index (χ4v) is 2.52. The Labute approximate surface area is 171 Å². The molecule has 0 aromatic rings. The maximum atomic E-state index is 12.8. The number of rotatable bonds is 21. The van der Waals surface area contributed by atoms with Gasteiger partial charge in [0, 0.05) is 26.4 Å². The molecule has 0 aromatic carbocycles. The van der Waals surface area contributed by atoms with Crippen LogP contribution in [0.2, 0.25) is 0 Å². The molecule has 0 unspecified atom stereocenters. The number of hydrogen-bond donors (Lipinski definition) is 0. The Balaban J connectivity index is 5.20. The van der Waals surface area contributed by atoms with Crippen molar-refractivity contribution >= 4 is 12.1 Å². The molecule has 3 atom stereocenters. The number of carbonyl (C=O) groups excluding carboxylic acids is 2. The van der Waals surface area contributed by atoms with E-state index in [0.717, 1.165) is 57.7 Å². The lowest BCUT2D eigenvalue weighted by Gasteiger charge is -2.30. The van der Waals surface area contributed by atoms with E-state index >= 15 is 0 Å². The molecule has 0 heterocycles. The summed E-state index contributed by atoms with van der Waals surface area (Å²) in [7, 11) is 0. The Kier molecular flexibility index (Phi) is 18.9. The zero-order valence-corrected chi connectivity index (χ0v) is 18.5. The molecule has 0 aliphatic heterocycles. The monoisotopic (exact) mass is 402 g/mol. The van der Waals surface area contributed by atoms with Crippen molar-refractivity contribution in [3.05, 3.63) is 0 Å². The van der Waals surface area contributed by atoms with E-state index in [1.54, 1.807) is 0 Å². The van der Waals surface area contributed by atoms with Crippen LogP contribution in [-0.4, -0.2) is 63.4 Å².